The summed E-state index contributed by atoms with van der Waals surface area (Å²) in [6.45, 7) is 2.53. The van der Waals surface area contributed by atoms with Gasteiger partial charge in [-0.2, -0.15) is 0 Å². The molecule has 0 radical (unpaired) electrons. The van der Waals surface area contributed by atoms with Crippen molar-refractivity contribution in [2.24, 2.45) is 7.05 Å². The summed E-state index contributed by atoms with van der Waals surface area (Å²) in [5.41, 5.74) is 4.01. The van der Waals surface area contributed by atoms with Crippen LogP contribution in [0.3, 0.4) is 0 Å². The summed E-state index contributed by atoms with van der Waals surface area (Å²) in [4.78, 5) is 24.3. The van der Waals surface area contributed by atoms with E-state index < -0.39 is 0 Å². The number of nitrogens with zero attached hydrogens (tertiary/aromatic N) is 1. The number of ether oxygens (including phenoxy) is 1. The Morgan fingerprint density at radius 1 is 1.04 bits per heavy atom. The fourth-order valence-corrected chi connectivity index (χ4v) is 3.08. The van der Waals surface area contributed by atoms with Crippen molar-refractivity contribution < 1.29 is 14.3 Å². The van der Waals surface area contributed by atoms with Gasteiger partial charge in [0.1, 0.15) is 5.75 Å². The molecule has 0 saturated heterocycles. The number of aryl methyl sites for hydroxylation is 2. The number of Topliss-reactive ketones (excluding diaryl/α,β-unsaturated/α-hetero) is 1. The summed E-state index contributed by atoms with van der Waals surface area (Å²) < 4.78 is 7.22. The molecule has 27 heavy (non-hydrogen) atoms. The molecule has 0 aliphatic carbocycles. The van der Waals surface area contributed by atoms with Gasteiger partial charge in [0.15, 0.2) is 5.78 Å². The van der Waals surface area contributed by atoms with Gasteiger partial charge in [-0.25, -0.2) is 0 Å². The molecule has 1 aromatic heterocycles. The first-order valence-electron chi connectivity index (χ1n) is 8.97. The van der Waals surface area contributed by atoms with E-state index in [1.54, 1.807) is 31.4 Å². The van der Waals surface area contributed by atoms with Crippen LogP contribution in [0.25, 0.3) is 10.9 Å². The molecule has 1 N–H and O–H groups in total. The Morgan fingerprint density at radius 3 is 2.48 bits per heavy atom. The van der Waals surface area contributed by atoms with Gasteiger partial charge in [-0.15, -0.1) is 0 Å². The number of methoxy groups -OCH3 is 1. The van der Waals surface area contributed by atoms with Crippen molar-refractivity contribution >= 4 is 22.6 Å². The summed E-state index contributed by atoms with van der Waals surface area (Å²) >= 11 is 0. The number of rotatable bonds is 7. The monoisotopic (exact) mass is 364 g/mol. The predicted octanol–water partition coefficient (Wildman–Crippen LogP) is 3.77. The van der Waals surface area contributed by atoms with Crippen molar-refractivity contribution in [1.82, 2.24) is 9.88 Å². The topological polar surface area (TPSA) is 60.3 Å². The van der Waals surface area contributed by atoms with Crippen LogP contribution in [-0.2, 0) is 18.4 Å². The lowest BCUT2D eigenvalue weighted by Crippen LogP contribution is -2.23. The zero-order chi connectivity index (χ0) is 19.4. The molecule has 0 aliphatic heterocycles. The molecule has 0 fully saturated rings. The minimum atomic E-state index is -0.124. The highest BCUT2D eigenvalue weighted by Crippen LogP contribution is 2.20. The molecule has 0 bridgehead atoms. The van der Waals surface area contributed by atoms with Gasteiger partial charge < -0.3 is 14.6 Å². The highest BCUT2D eigenvalue weighted by Gasteiger charge is 2.10. The van der Waals surface area contributed by atoms with E-state index >= 15 is 0 Å². The molecular formula is C22H24N2O3. The molecule has 0 spiro atoms. The summed E-state index contributed by atoms with van der Waals surface area (Å²) in [6.07, 6.45) is 0.368. The van der Waals surface area contributed by atoms with Crippen molar-refractivity contribution in [2.75, 3.05) is 7.11 Å². The second-order valence-corrected chi connectivity index (χ2v) is 6.67. The lowest BCUT2D eigenvalue weighted by atomic mass is 10.1. The molecule has 3 rings (SSSR count). The Kier molecular flexibility index (Phi) is 5.60. The van der Waals surface area contributed by atoms with Crippen LogP contribution in [-0.4, -0.2) is 23.4 Å². The Labute approximate surface area is 158 Å². The van der Waals surface area contributed by atoms with Crippen molar-refractivity contribution in [3.8, 4) is 5.75 Å². The summed E-state index contributed by atoms with van der Waals surface area (Å²) in [5.74, 6) is 0.532. The number of carbonyl (C=O) groups is 2. The second kappa shape index (κ2) is 8.08. The molecule has 5 nitrogen and oxygen atoms in total. The van der Waals surface area contributed by atoms with E-state index in [-0.39, 0.29) is 24.5 Å². The van der Waals surface area contributed by atoms with Gasteiger partial charge in [0.2, 0.25) is 5.91 Å². The number of fused-ring (bicyclic) bond motifs is 1. The van der Waals surface area contributed by atoms with Gasteiger partial charge in [0.25, 0.3) is 0 Å². The van der Waals surface area contributed by atoms with Gasteiger partial charge in [0, 0.05) is 48.6 Å². The third-order valence-electron chi connectivity index (χ3n) is 4.83. The molecule has 0 aliphatic rings. The SMILES string of the molecule is COc1ccc(C(=O)CCC(=O)NCc2ccc3c(c2)cc(C)n3C)cc1. The third-order valence-corrected chi connectivity index (χ3v) is 4.83. The maximum atomic E-state index is 12.2. The standard InChI is InChI=1S/C22H24N2O3/c1-15-12-18-13-16(4-9-20(18)24(15)2)14-23-22(26)11-10-21(25)17-5-7-19(27-3)8-6-17/h4-9,12-13H,10-11,14H2,1-3H3,(H,23,26). The van der Waals surface area contributed by atoms with Crippen LogP contribution in [0.2, 0.25) is 0 Å². The minimum Gasteiger partial charge on any atom is -0.497 e. The lowest BCUT2D eigenvalue weighted by Gasteiger charge is -2.07. The average molecular weight is 364 g/mol. The fourth-order valence-electron chi connectivity index (χ4n) is 3.08. The van der Waals surface area contributed by atoms with Crippen molar-refractivity contribution in [2.45, 2.75) is 26.3 Å². The number of benzene rings is 2. The molecule has 2 aromatic carbocycles. The number of nitrogens with one attached hydrogen (secondary N) is 1. The quantitative estimate of drug-likeness (QED) is 0.649. The third kappa shape index (κ3) is 4.37. The Balaban J connectivity index is 1.51. The largest absolute Gasteiger partial charge is 0.497 e. The molecule has 3 aromatic rings. The lowest BCUT2D eigenvalue weighted by molar-refractivity contribution is -0.121. The van der Waals surface area contributed by atoms with E-state index in [1.165, 1.54) is 11.2 Å². The molecule has 1 heterocycles. The molecule has 5 heteroatoms. The van der Waals surface area contributed by atoms with E-state index in [2.05, 4.69) is 35.0 Å². The van der Waals surface area contributed by atoms with Gasteiger partial charge in [-0.1, -0.05) is 6.07 Å². The zero-order valence-corrected chi connectivity index (χ0v) is 15.9. The van der Waals surface area contributed by atoms with Gasteiger partial charge in [0.05, 0.1) is 7.11 Å². The van der Waals surface area contributed by atoms with Crippen LogP contribution in [0.4, 0.5) is 0 Å². The van der Waals surface area contributed by atoms with E-state index in [9.17, 15) is 9.59 Å². The molecular weight excluding hydrogens is 340 g/mol. The Bertz CT molecular complexity index is 971. The van der Waals surface area contributed by atoms with Crippen LogP contribution in [0, 0.1) is 6.92 Å². The second-order valence-electron chi connectivity index (χ2n) is 6.67. The highest BCUT2D eigenvalue weighted by atomic mass is 16.5. The zero-order valence-electron chi connectivity index (χ0n) is 15.9. The van der Waals surface area contributed by atoms with Gasteiger partial charge >= 0.3 is 0 Å². The van der Waals surface area contributed by atoms with E-state index in [0.717, 1.165) is 10.9 Å². The van der Waals surface area contributed by atoms with Crippen LogP contribution in [0.15, 0.2) is 48.5 Å². The first kappa shape index (κ1) is 18.7. The number of hydrogen-bond acceptors (Lipinski definition) is 3. The van der Waals surface area contributed by atoms with Crippen LogP contribution in [0.1, 0.15) is 34.5 Å². The van der Waals surface area contributed by atoms with Crippen molar-refractivity contribution in [1.29, 1.82) is 0 Å². The van der Waals surface area contributed by atoms with Crippen LogP contribution >= 0.6 is 0 Å². The molecule has 0 saturated carbocycles. The maximum Gasteiger partial charge on any atom is 0.220 e. The Morgan fingerprint density at radius 2 is 1.78 bits per heavy atom. The number of amides is 1. The Hall–Kier alpha value is -3.08. The highest BCUT2D eigenvalue weighted by molar-refractivity contribution is 5.98. The number of hydrogen-bond donors (Lipinski definition) is 1. The van der Waals surface area contributed by atoms with E-state index in [0.29, 0.717) is 17.9 Å². The average Bonchev–Trinajstić information content (AvgIpc) is 2.97. The van der Waals surface area contributed by atoms with Crippen molar-refractivity contribution in [3.05, 3.63) is 65.4 Å². The maximum absolute atomic E-state index is 12.2. The van der Waals surface area contributed by atoms with E-state index in [1.807, 2.05) is 13.1 Å². The predicted molar refractivity (Wildman–Crippen MR) is 106 cm³/mol. The number of aromatic nitrogens is 1. The summed E-state index contributed by atoms with van der Waals surface area (Å²) in [6, 6.07) is 15.2. The smallest absolute Gasteiger partial charge is 0.220 e. The normalized spacial score (nSPS) is 10.8. The molecule has 140 valence electrons. The van der Waals surface area contributed by atoms with Crippen LogP contribution < -0.4 is 10.1 Å². The number of ketones is 1. The van der Waals surface area contributed by atoms with Crippen molar-refractivity contribution in [3.63, 3.8) is 0 Å². The first-order chi connectivity index (χ1) is 13.0. The van der Waals surface area contributed by atoms with Gasteiger partial charge in [-0.05, 0) is 55.0 Å². The van der Waals surface area contributed by atoms with Gasteiger partial charge in [-0.3, -0.25) is 9.59 Å². The fraction of sp³-hybridized carbons (Fsp3) is 0.273. The first-order valence-corrected chi connectivity index (χ1v) is 8.97. The summed E-state index contributed by atoms with van der Waals surface area (Å²) in [5, 5.41) is 4.06. The molecule has 1 amide bonds. The van der Waals surface area contributed by atoms with Crippen LogP contribution in [0.5, 0.6) is 5.75 Å². The number of carbonyl (C=O) groups excluding carboxylic acids is 2. The summed E-state index contributed by atoms with van der Waals surface area (Å²) in [7, 11) is 3.62. The van der Waals surface area contributed by atoms with E-state index in [4.69, 9.17) is 4.74 Å². The minimum absolute atomic E-state index is 0.0472. The molecule has 0 unspecified atom stereocenters. The molecule has 0 atom stereocenters.